The van der Waals surface area contributed by atoms with Crippen LogP contribution in [0.3, 0.4) is 0 Å². The Kier molecular flexibility index (Phi) is 3.42. The van der Waals surface area contributed by atoms with Gasteiger partial charge in [0.15, 0.2) is 0 Å². The van der Waals surface area contributed by atoms with E-state index < -0.39 is 0 Å². The molecule has 0 unspecified atom stereocenters. The zero-order valence-corrected chi connectivity index (χ0v) is 10.6. The lowest BCUT2D eigenvalue weighted by molar-refractivity contribution is 0.639. The molecule has 0 aromatic heterocycles. The first kappa shape index (κ1) is 11.5. The fourth-order valence-electron chi connectivity index (χ4n) is 2.31. The predicted octanol–water partition coefficient (Wildman–Crippen LogP) is 3.85. The van der Waals surface area contributed by atoms with Crippen LogP contribution in [0.5, 0.6) is 0 Å². The summed E-state index contributed by atoms with van der Waals surface area (Å²) in [5, 5.41) is 3.57. The molecule has 3 rings (SSSR count). The standard InChI is InChI=1S/C17H19N/c1-2-6-15(7-3-1)17-9-5-4-8-16(17)13-18-12-14-10-11-14/h1-9,14,18H,10-13H2. The molecule has 1 heteroatoms. The third-order valence-corrected chi connectivity index (χ3v) is 3.55. The van der Waals surface area contributed by atoms with E-state index in [-0.39, 0.29) is 0 Å². The highest BCUT2D eigenvalue weighted by Crippen LogP contribution is 2.28. The summed E-state index contributed by atoms with van der Waals surface area (Å²) in [5.74, 6) is 0.939. The van der Waals surface area contributed by atoms with E-state index in [1.807, 2.05) is 0 Å². The molecule has 0 atom stereocenters. The number of benzene rings is 2. The molecule has 0 saturated heterocycles. The highest BCUT2D eigenvalue weighted by atomic mass is 14.9. The van der Waals surface area contributed by atoms with E-state index in [0.717, 1.165) is 12.5 Å². The normalized spacial score (nSPS) is 14.7. The minimum atomic E-state index is 0.939. The summed E-state index contributed by atoms with van der Waals surface area (Å²) in [7, 11) is 0. The van der Waals surface area contributed by atoms with Gasteiger partial charge in [-0.15, -0.1) is 0 Å². The first-order valence-electron chi connectivity index (χ1n) is 6.77. The summed E-state index contributed by atoms with van der Waals surface area (Å²) in [6.07, 6.45) is 2.82. The van der Waals surface area contributed by atoms with Crippen LogP contribution in [0.25, 0.3) is 11.1 Å². The second-order valence-corrected chi connectivity index (χ2v) is 5.10. The summed E-state index contributed by atoms with van der Waals surface area (Å²) in [5.41, 5.74) is 4.05. The van der Waals surface area contributed by atoms with Gasteiger partial charge in [-0.05, 0) is 42.0 Å². The lowest BCUT2D eigenvalue weighted by Crippen LogP contribution is -2.16. The van der Waals surface area contributed by atoms with Crippen molar-refractivity contribution in [3.05, 3.63) is 60.2 Å². The maximum Gasteiger partial charge on any atom is 0.0211 e. The molecule has 1 saturated carbocycles. The van der Waals surface area contributed by atoms with Crippen LogP contribution in [-0.4, -0.2) is 6.54 Å². The van der Waals surface area contributed by atoms with Gasteiger partial charge in [0, 0.05) is 6.54 Å². The molecule has 0 heterocycles. The molecule has 1 N–H and O–H groups in total. The van der Waals surface area contributed by atoms with E-state index in [4.69, 9.17) is 0 Å². The maximum atomic E-state index is 3.57. The van der Waals surface area contributed by atoms with Gasteiger partial charge in [-0.3, -0.25) is 0 Å². The first-order chi connectivity index (χ1) is 8.93. The first-order valence-corrected chi connectivity index (χ1v) is 6.77. The van der Waals surface area contributed by atoms with Crippen LogP contribution >= 0.6 is 0 Å². The van der Waals surface area contributed by atoms with E-state index in [1.54, 1.807) is 0 Å². The average molecular weight is 237 g/mol. The Morgan fingerprint density at radius 2 is 1.61 bits per heavy atom. The second-order valence-electron chi connectivity index (χ2n) is 5.10. The molecule has 92 valence electrons. The Labute approximate surface area is 109 Å². The van der Waals surface area contributed by atoms with Crippen LogP contribution in [0.1, 0.15) is 18.4 Å². The quantitative estimate of drug-likeness (QED) is 0.832. The van der Waals surface area contributed by atoms with Gasteiger partial charge in [-0.1, -0.05) is 54.6 Å². The molecule has 0 radical (unpaired) electrons. The number of hydrogen-bond donors (Lipinski definition) is 1. The molecule has 0 spiro atoms. The predicted molar refractivity (Wildman–Crippen MR) is 76.3 cm³/mol. The molecule has 0 aliphatic heterocycles. The second kappa shape index (κ2) is 5.36. The SMILES string of the molecule is c1ccc(-c2ccccc2CNCC2CC2)cc1. The van der Waals surface area contributed by atoms with E-state index in [1.165, 1.54) is 36.1 Å². The van der Waals surface area contributed by atoms with Crippen molar-refractivity contribution in [1.29, 1.82) is 0 Å². The average Bonchev–Trinajstić information content (AvgIpc) is 3.25. The zero-order valence-electron chi connectivity index (χ0n) is 10.6. The third kappa shape index (κ3) is 2.80. The molecule has 0 bridgehead atoms. The fraction of sp³-hybridized carbons (Fsp3) is 0.294. The van der Waals surface area contributed by atoms with Crippen molar-refractivity contribution in [2.24, 2.45) is 5.92 Å². The van der Waals surface area contributed by atoms with Crippen LogP contribution in [0.4, 0.5) is 0 Å². The lowest BCUT2D eigenvalue weighted by atomic mass is 10.00. The van der Waals surface area contributed by atoms with Crippen molar-refractivity contribution in [3.8, 4) is 11.1 Å². The van der Waals surface area contributed by atoms with Gasteiger partial charge in [-0.2, -0.15) is 0 Å². The van der Waals surface area contributed by atoms with Crippen molar-refractivity contribution in [2.75, 3.05) is 6.54 Å². The molecule has 18 heavy (non-hydrogen) atoms. The van der Waals surface area contributed by atoms with Crippen LogP contribution in [0.2, 0.25) is 0 Å². The van der Waals surface area contributed by atoms with Gasteiger partial charge >= 0.3 is 0 Å². The lowest BCUT2D eigenvalue weighted by Gasteiger charge is -2.10. The topological polar surface area (TPSA) is 12.0 Å². The Bertz CT molecular complexity index is 500. The summed E-state index contributed by atoms with van der Waals surface area (Å²) in [6, 6.07) is 19.3. The van der Waals surface area contributed by atoms with Crippen molar-refractivity contribution in [2.45, 2.75) is 19.4 Å². The van der Waals surface area contributed by atoms with Crippen molar-refractivity contribution >= 4 is 0 Å². The molecule has 1 aliphatic rings. The molecule has 1 aliphatic carbocycles. The van der Waals surface area contributed by atoms with Crippen molar-refractivity contribution in [1.82, 2.24) is 5.32 Å². The third-order valence-electron chi connectivity index (χ3n) is 3.55. The summed E-state index contributed by atoms with van der Waals surface area (Å²) in [4.78, 5) is 0. The molecule has 1 fully saturated rings. The molecular formula is C17H19N. The Balaban J connectivity index is 1.76. The van der Waals surface area contributed by atoms with E-state index in [9.17, 15) is 0 Å². The number of rotatable bonds is 5. The summed E-state index contributed by atoms with van der Waals surface area (Å²) in [6.45, 7) is 2.14. The van der Waals surface area contributed by atoms with Crippen molar-refractivity contribution < 1.29 is 0 Å². The fourth-order valence-corrected chi connectivity index (χ4v) is 2.31. The minimum Gasteiger partial charge on any atom is -0.312 e. The minimum absolute atomic E-state index is 0.939. The number of nitrogens with one attached hydrogen (secondary N) is 1. The Morgan fingerprint density at radius 3 is 2.39 bits per heavy atom. The highest BCUT2D eigenvalue weighted by Gasteiger charge is 2.20. The Morgan fingerprint density at radius 1 is 0.889 bits per heavy atom. The summed E-state index contributed by atoms with van der Waals surface area (Å²) < 4.78 is 0. The van der Waals surface area contributed by atoms with Gasteiger partial charge < -0.3 is 5.32 Å². The van der Waals surface area contributed by atoms with Gasteiger partial charge in [0.05, 0.1) is 0 Å². The summed E-state index contributed by atoms with van der Waals surface area (Å²) >= 11 is 0. The van der Waals surface area contributed by atoms with Gasteiger partial charge in [0.1, 0.15) is 0 Å². The molecular weight excluding hydrogens is 218 g/mol. The Hall–Kier alpha value is -1.60. The smallest absolute Gasteiger partial charge is 0.0211 e. The monoisotopic (exact) mass is 237 g/mol. The van der Waals surface area contributed by atoms with Crippen LogP contribution in [0, 0.1) is 5.92 Å². The highest BCUT2D eigenvalue weighted by molar-refractivity contribution is 5.67. The van der Waals surface area contributed by atoms with E-state index in [0.29, 0.717) is 0 Å². The van der Waals surface area contributed by atoms with Crippen LogP contribution in [-0.2, 0) is 6.54 Å². The number of hydrogen-bond acceptors (Lipinski definition) is 1. The van der Waals surface area contributed by atoms with E-state index >= 15 is 0 Å². The zero-order chi connectivity index (χ0) is 12.2. The van der Waals surface area contributed by atoms with Crippen LogP contribution in [0.15, 0.2) is 54.6 Å². The van der Waals surface area contributed by atoms with Gasteiger partial charge in [0.2, 0.25) is 0 Å². The van der Waals surface area contributed by atoms with Crippen LogP contribution < -0.4 is 5.32 Å². The maximum absolute atomic E-state index is 3.57. The largest absolute Gasteiger partial charge is 0.312 e. The van der Waals surface area contributed by atoms with Crippen molar-refractivity contribution in [3.63, 3.8) is 0 Å². The molecule has 0 amide bonds. The molecule has 2 aromatic rings. The molecule has 2 aromatic carbocycles. The molecule has 1 nitrogen and oxygen atoms in total. The van der Waals surface area contributed by atoms with E-state index in [2.05, 4.69) is 59.9 Å². The van der Waals surface area contributed by atoms with Gasteiger partial charge in [-0.25, -0.2) is 0 Å². The van der Waals surface area contributed by atoms with Gasteiger partial charge in [0.25, 0.3) is 0 Å².